The van der Waals surface area contributed by atoms with Crippen molar-refractivity contribution in [2.75, 3.05) is 25.2 Å². The summed E-state index contributed by atoms with van der Waals surface area (Å²) in [5, 5.41) is 15.9. The van der Waals surface area contributed by atoms with Gasteiger partial charge in [-0.3, -0.25) is 10.00 Å². The van der Waals surface area contributed by atoms with Crippen LogP contribution >= 0.6 is 0 Å². The Balaban J connectivity index is 2.00. The maximum atomic E-state index is 8.95. The lowest BCUT2D eigenvalue weighted by molar-refractivity contribution is 0.311. The highest BCUT2D eigenvalue weighted by Gasteiger charge is 2.20. The van der Waals surface area contributed by atoms with Gasteiger partial charge in [-0.1, -0.05) is 0 Å². The maximum Gasteiger partial charge on any atom is 0.158 e. The van der Waals surface area contributed by atoms with Crippen molar-refractivity contribution < 1.29 is 9.47 Å². The molecule has 1 aromatic carbocycles. The molecule has 0 atom stereocenters. The molecule has 0 fully saturated rings. The monoisotopic (exact) mass is 365 g/mol. The molecule has 3 aromatic rings. The maximum absolute atomic E-state index is 8.95. The molecule has 138 valence electrons. The van der Waals surface area contributed by atoms with Crippen molar-refractivity contribution in [1.82, 2.24) is 20.2 Å². The standard InChI is InChI=1S/C18H19N7O2/c1-26-16-9-14(27-8-2-6-19)3-4-15(16)25(17-5-7-23-24-17)18-12-21-13(10-20)11-22-18/h3-5,7,9,11-12H,2,6,8,19H2,1H3,(H,23,24). The Morgan fingerprint density at radius 3 is 2.78 bits per heavy atom. The first kappa shape index (κ1) is 18.2. The van der Waals surface area contributed by atoms with Gasteiger partial charge in [-0.15, -0.1) is 0 Å². The van der Waals surface area contributed by atoms with Crippen LogP contribution in [0.25, 0.3) is 0 Å². The van der Waals surface area contributed by atoms with Crippen LogP contribution in [0.2, 0.25) is 0 Å². The van der Waals surface area contributed by atoms with Crippen LogP contribution in [-0.2, 0) is 0 Å². The Morgan fingerprint density at radius 2 is 2.15 bits per heavy atom. The van der Waals surface area contributed by atoms with Gasteiger partial charge in [-0.05, 0) is 25.1 Å². The Kier molecular flexibility index (Phi) is 5.81. The van der Waals surface area contributed by atoms with Gasteiger partial charge in [0.1, 0.15) is 23.4 Å². The molecule has 27 heavy (non-hydrogen) atoms. The molecule has 0 aliphatic rings. The number of H-pyrrole nitrogens is 1. The minimum atomic E-state index is 0.235. The lowest BCUT2D eigenvalue weighted by Gasteiger charge is -2.24. The number of anilines is 3. The molecule has 0 aliphatic carbocycles. The Bertz CT molecular complexity index is 904. The molecule has 0 saturated carbocycles. The van der Waals surface area contributed by atoms with Crippen molar-refractivity contribution in [2.24, 2.45) is 5.73 Å². The van der Waals surface area contributed by atoms with Crippen LogP contribution < -0.4 is 20.1 Å². The number of hydrogen-bond acceptors (Lipinski definition) is 8. The van der Waals surface area contributed by atoms with Crippen molar-refractivity contribution >= 4 is 17.3 Å². The Labute approximate surface area is 156 Å². The number of rotatable bonds is 8. The lowest BCUT2D eigenvalue weighted by atomic mass is 10.2. The Hall–Kier alpha value is -3.64. The van der Waals surface area contributed by atoms with Gasteiger partial charge in [0.25, 0.3) is 0 Å². The summed E-state index contributed by atoms with van der Waals surface area (Å²) in [5.41, 5.74) is 6.45. The zero-order valence-electron chi connectivity index (χ0n) is 14.8. The highest BCUT2D eigenvalue weighted by atomic mass is 16.5. The molecule has 0 spiro atoms. The number of nitrogens with zero attached hydrogens (tertiary/aromatic N) is 5. The zero-order valence-corrected chi connectivity index (χ0v) is 14.8. The summed E-state index contributed by atoms with van der Waals surface area (Å²) in [6, 6.07) is 9.25. The molecule has 9 nitrogen and oxygen atoms in total. The third-order valence-electron chi connectivity index (χ3n) is 3.72. The van der Waals surface area contributed by atoms with E-state index in [-0.39, 0.29) is 5.69 Å². The van der Waals surface area contributed by atoms with Crippen LogP contribution in [-0.4, -0.2) is 40.4 Å². The predicted octanol–water partition coefficient (Wildman–Crippen LogP) is 2.28. The van der Waals surface area contributed by atoms with Crippen molar-refractivity contribution in [3.8, 4) is 17.6 Å². The third-order valence-corrected chi connectivity index (χ3v) is 3.72. The average Bonchev–Trinajstić information content (AvgIpc) is 3.24. The number of nitrogens with two attached hydrogens (primary N) is 1. The summed E-state index contributed by atoms with van der Waals surface area (Å²) in [4.78, 5) is 10.2. The fourth-order valence-corrected chi connectivity index (χ4v) is 2.45. The molecular weight excluding hydrogens is 346 g/mol. The van der Waals surface area contributed by atoms with Gasteiger partial charge in [0.2, 0.25) is 0 Å². The quantitative estimate of drug-likeness (QED) is 0.582. The van der Waals surface area contributed by atoms with Crippen LogP contribution in [0.3, 0.4) is 0 Å². The second-order valence-electron chi connectivity index (χ2n) is 5.47. The largest absolute Gasteiger partial charge is 0.494 e. The predicted molar refractivity (Wildman–Crippen MR) is 99.3 cm³/mol. The number of nitrogens with one attached hydrogen (secondary N) is 1. The van der Waals surface area contributed by atoms with Crippen molar-refractivity contribution in [1.29, 1.82) is 5.26 Å². The minimum Gasteiger partial charge on any atom is -0.494 e. The number of methoxy groups -OCH3 is 1. The van der Waals surface area contributed by atoms with Crippen LogP contribution in [0.5, 0.6) is 11.5 Å². The summed E-state index contributed by atoms with van der Waals surface area (Å²) in [6.45, 7) is 1.10. The zero-order chi connectivity index (χ0) is 19.1. The van der Waals surface area contributed by atoms with Crippen LogP contribution in [0.1, 0.15) is 12.1 Å². The lowest BCUT2D eigenvalue weighted by Crippen LogP contribution is -2.14. The van der Waals surface area contributed by atoms with Gasteiger partial charge in [0.05, 0.1) is 38.0 Å². The van der Waals surface area contributed by atoms with E-state index < -0.39 is 0 Å². The van der Waals surface area contributed by atoms with E-state index in [0.29, 0.717) is 42.0 Å². The summed E-state index contributed by atoms with van der Waals surface area (Å²) in [7, 11) is 1.58. The molecule has 0 saturated heterocycles. The molecule has 9 heteroatoms. The van der Waals surface area contributed by atoms with E-state index in [9.17, 15) is 0 Å². The molecule has 3 N–H and O–H groups in total. The van der Waals surface area contributed by atoms with Crippen molar-refractivity contribution in [3.05, 3.63) is 48.5 Å². The van der Waals surface area contributed by atoms with Gasteiger partial charge in [-0.2, -0.15) is 10.4 Å². The smallest absolute Gasteiger partial charge is 0.158 e. The van der Waals surface area contributed by atoms with E-state index in [1.54, 1.807) is 30.3 Å². The number of benzene rings is 1. The molecule has 0 bridgehead atoms. The van der Waals surface area contributed by atoms with E-state index in [1.807, 2.05) is 18.2 Å². The molecule has 0 radical (unpaired) electrons. The van der Waals surface area contributed by atoms with Gasteiger partial charge in [0, 0.05) is 12.1 Å². The topological polar surface area (TPSA) is 126 Å². The van der Waals surface area contributed by atoms with E-state index in [0.717, 1.165) is 6.42 Å². The van der Waals surface area contributed by atoms with Crippen LogP contribution in [0.4, 0.5) is 17.3 Å². The highest BCUT2D eigenvalue weighted by Crippen LogP contribution is 2.39. The Morgan fingerprint density at radius 1 is 1.26 bits per heavy atom. The summed E-state index contributed by atoms with van der Waals surface area (Å²) < 4.78 is 11.2. The van der Waals surface area contributed by atoms with E-state index in [4.69, 9.17) is 20.5 Å². The van der Waals surface area contributed by atoms with Crippen LogP contribution in [0.15, 0.2) is 42.9 Å². The molecular formula is C18H19N7O2. The van der Waals surface area contributed by atoms with Crippen molar-refractivity contribution in [2.45, 2.75) is 6.42 Å². The van der Waals surface area contributed by atoms with E-state index in [2.05, 4.69) is 20.2 Å². The van der Waals surface area contributed by atoms with Gasteiger partial charge in [-0.25, -0.2) is 9.97 Å². The first-order chi connectivity index (χ1) is 13.3. The number of aromatic nitrogens is 4. The number of ether oxygens (including phenoxy) is 2. The second kappa shape index (κ2) is 8.64. The van der Waals surface area contributed by atoms with Crippen LogP contribution in [0, 0.1) is 11.3 Å². The number of nitriles is 1. The third kappa shape index (κ3) is 4.13. The van der Waals surface area contributed by atoms with Crippen molar-refractivity contribution in [3.63, 3.8) is 0 Å². The molecule has 0 aliphatic heterocycles. The second-order valence-corrected chi connectivity index (χ2v) is 5.47. The molecule has 0 unspecified atom stereocenters. The average molecular weight is 365 g/mol. The SMILES string of the molecule is COc1cc(OCCCN)ccc1N(c1cnc(C#N)cn1)c1ccn[nH]1. The number of aromatic amines is 1. The van der Waals surface area contributed by atoms with E-state index >= 15 is 0 Å². The minimum absolute atomic E-state index is 0.235. The van der Waals surface area contributed by atoms with Gasteiger partial charge >= 0.3 is 0 Å². The summed E-state index contributed by atoms with van der Waals surface area (Å²) >= 11 is 0. The first-order valence-electron chi connectivity index (χ1n) is 8.29. The molecule has 0 amide bonds. The summed E-state index contributed by atoms with van der Waals surface area (Å²) in [5.74, 6) is 2.44. The fourth-order valence-electron chi connectivity index (χ4n) is 2.45. The van der Waals surface area contributed by atoms with E-state index in [1.165, 1.54) is 12.4 Å². The molecule has 2 aromatic heterocycles. The van der Waals surface area contributed by atoms with Gasteiger partial charge < -0.3 is 15.2 Å². The first-order valence-corrected chi connectivity index (χ1v) is 8.29. The fraction of sp³-hybridized carbons (Fsp3) is 0.222. The molecule has 2 heterocycles. The molecule has 3 rings (SSSR count). The van der Waals surface area contributed by atoms with Gasteiger partial charge in [0.15, 0.2) is 11.5 Å². The number of hydrogen-bond donors (Lipinski definition) is 2. The normalized spacial score (nSPS) is 10.3. The highest BCUT2D eigenvalue weighted by molar-refractivity contribution is 5.76. The summed E-state index contributed by atoms with van der Waals surface area (Å²) in [6.07, 6.45) is 5.33.